The van der Waals surface area contributed by atoms with Crippen LogP contribution in [0.25, 0.3) is 0 Å². The van der Waals surface area contributed by atoms with E-state index in [9.17, 15) is 9.59 Å². The Balaban J connectivity index is 2.18. The fraction of sp³-hybridized carbons (Fsp3) is 0.846. The van der Waals surface area contributed by atoms with E-state index < -0.39 is 12.1 Å². The summed E-state index contributed by atoms with van der Waals surface area (Å²) in [6, 6.07) is -0.317. The fourth-order valence-corrected chi connectivity index (χ4v) is 2.14. The Bertz CT molecular complexity index is 341. The second-order valence-corrected chi connectivity index (χ2v) is 5.87. The molecule has 0 bridgehead atoms. The molecule has 1 fully saturated rings. The van der Waals surface area contributed by atoms with Crippen LogP contribution in [-0.4, -0.2) is 66.4 Å². The van der Waals surface area contributed by atoms with E-state index >= 15 is 0 Å². The van der Waals surface area contributed by atoms with Gasteiger partial charge in [-0.2, -0.15) is 0 Å². The third-order valence-electron chi connectivity index (χ3n) is 3.86. The Kier molecular flexibility index (Phi) is 6.22. The molecule has 0 unspecified atom stereocenters. The maximum Gasteiger partial charge on any atom is 0.332 e. The summed E-state index contributed by atoms with van der Waals surface area (Å²) < 4.78 is 0. The number of carboxylic acids is 1. The standard InChI is InChI=1S/C13H25N3O4/c1-13(4-7-16(2)8-5-13)9-15-12(20)14-6-3-10(17)11(18)19/h10,17H,3-9H2,1-2H3,(H,18,19)(H2,14,15,20)/t10-/m0/s1. The van der Waals surface area contributed by atoms with Gasteiger partial charge in [0.2, 0.25) is 0 Å². The number of nitrogens with zero attached hydrogens (tertiary/aromatic N) is 1. The largest absolute Gasteiger partial charge is 0.479 e. The van der Waals surface area contributed by atoms with Gasteiger partial charge >= 0.3 is 12.0 Å². The van der Waals surface area contributed by atoms with Crippen molar-refractivity contribution in [3.8, 4) is 0 Å². The molecule has 0 radical (unpaired) electrons. The molecule has 1 rings (SSSR count). The first kappa shape index (κ1) is 16.7. The molecule has 0 aliphatic carbocycles. The number of hydrogen-bond donors (Lipinski definition) is 4. The van der Waals surface area contributed by atoms with Crippen LogP contribution in [-0.2, 0) is 4.79 Å². The highest BCUT2D eigenvalue weighted by Crippen LogP contribution is 2.29. The van der Waals surface area contributed by atoms with Crippen molar-refractivity contribution in [2.24, 2.45) is 5.41 Å². The predicted molar refractivity (Wildman–Crippen MR) is 74.5 cm³/mol. The van der Waals surface area contributed by atoms with E-state index in [0.29, 0.717) is 6.54 Å². The average molecular weight is 287 g/mol. The molecule has 0 aromatic rings. The molecule has 1 aliphatic rings. The first-order chi connectivity index (χ1) is 9.32. The van der Waals surface area contributed by atoms with Gasteiger partial charge in [0.05, 0.1) is 0 Å². The first-order valence-corrected chi connectivity index (χ1v) is 6.93. The molecular formula is C13H25N3O4. The molecule has 1 saturated heterocycles. The van der Waals surface area contributed by atoms with Gasteiger partial charge in [-0.25, -0.2) is 9.59 Å². The van der Waals surface area contributed by atoms with Crippen molar-refractivity contribution in [1.82, 2.24) is 15.5 Å². The second-order valence-electron chi connectivity index (χ2n) is 5.87. The first-order valence-electron chi connectivity index (χ1n) is 6.93. The molecule has 0 saturated carbocycles. The summed E-state index contributed by atoms with van der Waals surface area (Å²) in [6.45, 7) is 4.97. The SMILES string of the molecule is CN1CCC(C)(CNC(=O)NCC[C@H](O)C(=O)O)CC1. The minimum Gasteiger partial charge on any atom is -0.479 e. The molecule has 7 heteroatoms. The Morgan fingerprint density at radius 2 is 1.90 bits per heavy atom. The van der Waals surface area contributed by atoms with Crippen molar-refractivity contribution in [2.45, 2.75) is 32.3 Å². The lowest BCUT2D eigenvalue weighted by atomic mass is 9.80. The number of hydrogen-bond acceptors (Lipinski definition) is 4. The normalized spacial score (nSPS) is 20.1. The summed E-state index contributed by atoms with van der Waals surface area (Å²) >= 11 is 0. The summed E-state index contributed by atoms with van der Waals surface area (Å²) in [7, 11) is 2.09. The van der Waals surface area contributed by atoms with Crippen molar-refractivity contribution in [1.29, 1.82) is 0 Å². The maximum atomic E-state index is 11.6. The summed E-state index contributed by atoms with van der Waals surface area (Å²) in [5, 5.41) is 22.9. The molecule has 0 aromatic heterocycles. The Labute approximate surface area is 119 Å². The zero-order chi connectivity index (χ0) is 15.2. The third-order valence-corrected chi connectivity index (χ3v) is 3.86. The predicted octanol–water partition coefficient (Wildman–Crippen LogP) is -0.147. The van der Waals surface area contributed by atoms with Gasteiger partial charge in [0.15, 0.2) is 6.10 Å². The molecule has 2 amide bonds. The van der Waals surface area contributed by atoms with Gasteiger partial charge in [0.1, 0.15) is 0 Å². The van der Waals surface area contributed by atoms with E-state index in [1.807, 2.05) is 0 Å². The van der Waals surface area contributed by atoms with E-state index in [2.05, 4.69) is 29.5 Å². The van der Waals surface area contributed by atoms with E-state index in [1.165, 1.54) is 0 Å². The van der Waals surface area contributed by atoms with Crippen LogP contribution in [0.2, 0.25) is 0 Å². The lowest BCUT2D eigenvalue weighted by Gasteiger charge is -2.37. The lowest BCUT2D eigenvalue weighted by molar-refractivity contribution is -0.146. The molecule has 0 spiro atoms. The van der Waals surface area contributed by atoms with Crippen LogP contribution in [0.1, 0.15) is 26.2 Å². The topological polar surface area (TPSA) is 102 Å². The highest BCUT2D eigenvalue weighted by Gasteiger charge is 2.29. The van der Waals surface area contributed by atoms with Crippen LogP contribution in [0.15, 0.2) is 0 Å². The monoisotopic (exact) mass is 287 g/mol. The van der Waals surface area contributed by atoms with Crippen LogP contribution in [0.5, 0.6) is 0 Å². The summed E-state index contributed by atoms with van der Waals surface area (Å²) in [6.07, 6.45) is 0.662. The van der Waals surface area contributed by atoms with Gasteiger partial charge in [0.25, 0.3) is 0 Å². The number of carboxylic acid groups (broad SMARTS) is 1. The maximum absolute atomic E-state index is 11.6. The fourth-order valence-electron chi connectivity index (χ4n) is 2.14. The van der Waals surface area contributed by atoms with Crippen LogP contribution in [0, 0.1) is 5.41 Å². The van der Waals surface area contributed by atoms with Crippen molar-refractivity contribution in [2.75, 3.05) is 33.2 Å². The molecular weight excluding hydrogens is 262 g/mol. The zero-order valence-corrected chi connectivity index (χ0v) is 12.2. The number of rotatable bonds is 6. The molecule has 1 aliphatic heterocycles. The number of aliphatic hydroxyl groups excluding tert-OH is 1. The minimum atomic E-state index is -1.43. The van der Waals surface area contributed by atoms with Gasteiger partial charge in [0, 0.05) is 19.5 Å². The van der Waals surface area contributed by atoms with Crippen LogP contribution in [0.3, 0.4) is 0 Å². The highest BCUT2D eigenvalue weighted by molar-refractivity contribution is 5.74. The number of amides is 2. The number of aliphatic carboxylic acids is 1. The molecule has 116 valence electrons. The zero-order valence-electron chi connectivity index (χ0n) is 12.2. The van der Waals surface area contributed by atoms with Crippen LogP contribution < -0.4 is 10.6 Å². The van der Waals surface area contributed by atoms with Crippen LogP contribution in [0.4, 0.5) is 4.79 Å². The van der Waals surface area contributed by atoms with Gasteiger partial charge in [-0.1, -0.05) is 6.92 Å². The van der Waals surface area contributed by atoms with Gasteiger partial charge in [-0.05, 0) is 38.4 Å². The van der Waals surface area contributed by atoms with E-state index in [4.69, 9.17) is 10.2 Å². The number of likely N-dealkylation sites (tertiary alicyclic amines) is 1. The van der Waals surface area contributed by atoms with Crippen molar-refractivity contribution >= 4 is 12.0 Å². The Hall–Kier alpha value is -1.34. The van der Waals surface area contributed by atoms with Gasteiger partial charge < -0.3 is 25.7 Å². The van der Waals surface area contributed by atoms with E-state index in [-0.39, 0.29) is 24.4 Å². The lowest BCUT2D eigenvalue weighted by Crippen LogP contribution is -2.46. The molecule has 1 heterocycles. The number of carbonyl (C=O) groups is 2. The number of carbonyl (C=O) groups excluding carboxylic acids is 1. The molecule has 1 atom stereocenters. The average Bonchev–Trinajstić information content (AvgIpc) is 2.40. The van der Waals surface area contributed by atoms with Crippen molar-refractivity contribution in [3.05, 3.63) is 0 Å². The number of aliphatic hydroxyl groups is 1. The second kappa shape index (κ2) is 7.44. The summed E-state index contributed by atoms with van der Waals surface area (Å²) in [5.74, 6) is -1.27. The molecule has 0 aromatic carbocycles. The minimum absolute atomic E-state index is 0.00478. The van der Waals surface area contributed by atoms with E-state index in [0.717, 1.165) is 25.9 Å². The summed E-state index contributed by atoms with van der Waals surface area (Å²) in [5.41, 5.74) is 0.116. The Morgan fingerprint density at radius 1 is 1.30 bits per heavy atom. The van der Waals surface area contributed by atoms with Crippen molar-refractivity contribution < 1.29 is 19.8 Å². The number of piperidine rings is 1. The quantitative estimate of drug-likeness (QED) is 0.544. The Morgan fingerprint density at radius 3 is 2.45 bits per heavy atom. The van der Waals surface area contributed by atoms with E-state index in [1.54, 1.807) is 0 Å². The number of urea groups is 1. The smallest absolute Gasteiger partial charge is 0.332 e. The van der Waals surface area contributed by atoms with Gasteiger partial charge in [-0.3, -0.25) is 0 Å². The molecule has 7 nitrogen and oxygen atoms in total. The highest BCUT2D eigenvalue weighted by atomic mass is 16.4. The molecule has 20 heavy (non-hydrogen) atoms. The van der Waals surface area contributed by atoms with Crippen LogP contribution >= 0.6 is 0 Å². The summed E-state index contributed by atoms with van der Waals surface area (Å²) in [4.78, 5) is 24.2. The molecule has 4 N–H and O–H groups in total. The third kappa shape index (κ3) is 5.75. The van der Waals surface area contributed by atoms with Gasteiger partial charge in [-0.15, -0.1) is 0 Å². The van der Waals surface area contributed by atoms with Crippen molar-refractivity contribution in [3.63, 3.8) is 0 Å². The number of nitrogens with one attached hydrogen (secondary N) is 2.